The van der Waals surface area contributed by atoms with E-state index in [0.717, 1.165) is 54.1 Å². The van der Waals surface area contributed by atoms with Crippen molar-refractivity contribution < 1.29 is 4.74 Å². The van der Waals surface area contributed by atoms with E-state index in [4.69, 9.17) is 4.74 Å². The third-order valence-electron chi connectivity index (χ3n) is 4.45. The van der Waals surface area contributed by atoms with Crippen LogP contribution in [0, 0.1) is 6.92 Å². The van der Waals surface area contributed by atoms with Crippen LogP contribution in [-0.2, 0) is 0 Å². The molecular weight excluding hydrogens is 288 g/mol. The number of fused-ring (bicyclic) bond motifs is 1. The smallest absolute Gasteiger partial charge is 0.150 e. The fourth-order valence-electron chi connectivity index (χ4n) is 3.24. The molecule has 2 aromatic heterocycles. The van der Waals surface area contributed by atoms with Crippen molar-refractivity contribution in [2.24, 2.45) is 0 Å². The van der Waals surface area contributed by atoms with Gasteiger partial charge in [-0.25, -0.2) is 4.98 Å². The molecule has 1 aromatic carbocycles. The van der Waals surface area contributed by atoms with E-state index in [1.54, 1.807) is 12.4 Å². The molecule has 1 aliphatic rings. The van der Waals surface area contributed by atoms with Gasteiger partial charge in [-0.05, 0) is 25.1 Å². The summed E-state index contributed by atoms with van der Waals surface area (Å²) in [6.45, 7) is 3.91. The minimum atomic E-state index is 0.253. The number of piperidine rings is 1. The molecule has 0 radical (unpaired) electrons. The number of nitrogens with one attached hydrogen (secondary N) is 1. The second-order valence-electron chi connectivity index (χ2n) is 5.96. The highest BCUT2D eigenvalue weighted by atomic mass is 16.5. The molecule has 23 heavy (non-hydrogen) atoms. The Bertz CT molecular complexity index is 805. The fourth-order valence-corrected chi connectivity index (χ4v) is 3.24. The van der Waals surface area contributed by atoms with E-state index in [1.807, 2.05) is 19.2 Å². The number of benzene rings is 1. The van der Waals surface area contributed by atoms with E-state index < -0.39 is 0 Å². The molecule has 4 rings (SSSR count). The van der Waals surface area contributed by atoms with Crippen molar-refractivity contribution in [3.63, 3.8) is 0 Å². The average Bonchev–Trinajstić information content (AvgIpc) is 3.06. The summed E-state index contributed by atoms with van der Waals surface area (Å²) in [4.78, 5) is 14.3. The van der Waals surface area contributed by atoms with Crippen molar-refractivity contribution in [2.75, 3.05) is 18.0 Å². The summed E-state index contributed by atoms with van der Waals surface area (Å²) in [5.74, 6) is 1.97. The van der Waals surface area contributed by atoms with Crippen LogP contribution in [-0.4, -0.2) is 34.1 Å². The van der Waals surface area contributed by atoms with Gasteiger partial charge in [-0.15, -0.1) is 0 Å². The van der Waals surface area contributed by atoms with Crippen LogP contribution in [0.3, 0.4) is 0 Å². The number of rotatable bonds is 3. The van der Waals surface area contributed by atoms with Gasteiger partial charge in [-0.1, -0.05) is 6.07 Å². The normalized spacial score (nSPS) is 16.0. The number of ether oxygens (including phenoxy) is 1. The molecule has 1 N–H and O–H groups in total. The summed E-state index contributed by atoms with van der Waals surface area (Å²) in [5.41, 5.74) is 2.11. The average molecular weight is 308 g/mol. The summed E-state index contributed by atoms with van der Waals surface area (Å²) < 4.78 is 6.26. The van der Waals surface area contributed by atoms with E-state index in [-0.39, 0.29) is 6.10 Å². The SMILES string of the molecule is Cc1nccnc1N1CCC(Oc2cccc3[nH]ccc23)CC1. The van der Waals surface area contributed by atoms with Gasteiger partial charge in [0, 0.05) is 55.4 Å². The summed E-state index contributed by atoms with van der Waals surface area (Å²) in [7, 11) is 0. The summed E-state index contributed by atoms with van der Waals surface area (Å²) in [6.07, 6.45) is 7.71. The lowest BCUT2D eigenvalue weighted by Gasteiger charge is -2.33. The highest BCUT2D eigenvalue weighted by Gasteiger charge is 2.23. The van der Waals surface area contributed by atoms with E-state index in [2.05, 4.69) is 38.1 Å². The zero-order valence-corrected chi connectivity index (χ0v) is 13.2. The van der Waals surface area contributed by atoms with Crippen molar-refractivity contribution in [2.45, 2.75) is 25.9 Å². The molecule has 1 fully saturated rings. The number of nitrogens with zero attached hydrogens (tertiary/aromatic N) is 3. The fraction of sp³-hybridized carbons (Fsp3) is 0.333. The zero-order chi connectivity index (χ0) is 15.6. The Balaban J connectivity index is 1.44. The molecule has 3 aromatic rings. The Hall–Kier alpha value is -2.56. The Labute approximate surface area is 135 Å². The maximum Gasteiger partial charge on any atom is 0.150 e. The van der Waals surface area contributed by atoms with Crippen LogP contribution < -0.4 is 9.64 Å². The molecule has 0 aliphatic carbocycles. The molecule has 5 heteroatoms. The highest BCUT2D eigenvalue weighted by Crippen LogP contribution is 2.28. The van der Waals surface area contributed by atoms with Crippen molar-refractivity contribution >= 4 is 16.7 Å². The topological polar surface area (TPSA) is 54.0 Å². The van der Waals surface area contributed by atoms with Gasteiger partial charge in [0.2, 0.25) is 0 Å². The highest BCUT2D eigenvalue weighted by molar-refractivity contribution is 5.85. The third kappa shape index (κ3) is 2.74. The number of aromatic nitrogens is 3. The lowest BCUT2D eigenvalue weighted by atomic mass is 10.1. The number of H-pyrrole nitrogens is 1. The third-order valence-corrected chi connectivity index (χ3v) is 4.45. The van der Waals surface area contributed by atoms with Gasteiger partial charge in [-0.3, -0.25) is 4.98 Å². The quantitative estimate of drug-likeness (QED) is 0.806. The van der Waals surface area contributed by atoms with E-state index in [9.17, 15) is 0 Å². The predicted octanol–water partition coefficient (Wildman–Crippen LogP) is 3.31. The summed E-state index contributed by atoms with van der Waals surface area (Å²) in [6, 6.07) is 8.23. The van der Waals surface area contributed by atoms with Gasteiger partial charge in [-0.2, -0.15) is 0 Å². The van der Waals surface area contributed by atoms with Gasteiger partial charge in [0.25, 0.3) is 0 Å². The number of aryl methyl sites for hydroxylation is 1. The zero-order valence-electron chi connectivity index (χ0n) is 13.2. The van der Waals surface area contributed by atoms with E-state index in [0.29, 0.717) is 0 Å². The van der Waals surface area contributed by atoms with Crippen LogP contribution in [0.5, 0.6) is 5.75 Å². The first-order chi connectivity index (χ1) is 11.3. The van der Waals surface area contributed by atoms with Gasteiger partial charge in [0.1, 0.15) is 17.7 Å². The predicted molar refractivity (Wildman–Crippen MR) is 90.9 cm³/mol. The molecule has 1 aliphatic heterocycles. The Morgan fingerprint density at radius 3 is 2.78 bits per heavy atom. The first-order valence-electron chi connectivity index (χ1n) is 8.06. The van der Waals surface area contributed by atoms with Crippen molar-refractivity contribution in [3.05, 3.63) is 48.5 Å². The molecule has 0 bridgehead atoms. The molecule has 118 valence electrons. The molecule has 0 unspecified atom stereocenters. The van der Waals surface area contributed by atoms with Gasteiger partial charge < -0.3 is 14.6 Å². The molecule has 0 amide bonds. The molecular formula is C18H20N4O. The minimum absolute atomic E-state index is 0.253. The van der Waals surface area contributed by atoms with Gasteiger partial charge >= 0.3 is 0 Å². The number of aromatic amines is 1. The van der Waals surface area contributed by atoms with E-state index >= 15 is 0 Å². The number of hydrogen-bond acceptors (Lipinski definition) is 4. The van der Waals surface area contributed by atoms with Crippen LogP contribution >= 0.6 is 0 Å². The van der Waals surface area contributed by atoms with Crippen LogP contribution in [0.4, 0.5) is 5.82 Å². The summed E-state index contributed by atoms with van der Waals surface area (Å²) >= 11 is 0. The monoisotopic (exact) mass is 308 g/mol. The van der Waals surface area contributed by atoms with Crippen molar-refractivity contribution in [3.8, 4) is 5.75 Å². The maximum absolute atomic E-state index is 6.26. The molecule has 0 spiro atoms. The van der Waals surface area contributed by atoms with Crippen molar-refractivity contribution in [1.29, 1.82) is 0 Å². The number of anilines is 1. The van der Waals surface area contributed by atoms with Gasteiger partial charge in [0.15, 0.2) is 0 Å². The molecule has 5 nitrogen and oxygen atoms in total. The standard InChI is InChI=1S/C18H20N4O/c1-13-18(21-10-9-19-13)22-11-6-14(7-12-22)23-17-4-2-3-16-15(17)5-8-20-16/h2-5,8-10,14,20H,6-7,11-12H2,1H3. The molecule has 3 heterocycles. The Kier molecular flexibility index (Phi) is 3.61. The maximum atomic E-state index is 6.26. The molecule has 0 saturated carbocycles. The second kappa shape index (κ2) is 5.91. The second-order valence-corrected chi connectivity index (χ2v) is 5.96. The first-order valence-corrected chi connectivity index (χ1v) is 8.06. The lowest BCUT2D eigenvalue weighted by Crippen LogP contribution is -2.39. The summed E-state index contributed by atoms with van der Waals surface area (Å²) in [5, 5.41) is 1.15. The Morgan fingerprint density at radius 2 is 1.96 bits per heavy atom. The molecule has 1 saturated heterocycles. The largest absolute Gasteiger partial charge is 0.490 e. The molecule has 0 atom stereocenters. The van der Waals surface area contributed by atoms with Crippen molar-refractivity contribution in [1.82, 2.24) is 15.0 Å². The van der Waals surface area contributed by atoms with Crippen LogP contribution in [0.25, 0.3) is 10.9 Å². The van der Waals surface area contributed by atoms with E-state index in [1.165, 1.54) is 0 Å². The van der Waals surface area contributed by atoms with Crippen LogP contribution in [0.15, 0.2) is 42.9 Å². The minimum Gasteiger partial charge on any atom is -0.490 e. The van der Waals surface area contributed by atoms with Crippen LogP contribution in [0.2, 0.25) is 0 Å². The number of hydrogen-bond donors (Lipinski definition) is 1. The van der Waals surface area contributed by atoms with Gasteiger partial charge in [0.05, 0.1) is 5.69 Å². The lowest BCUT2D eigenvalue weighted by molar-refractivity contribution is 0.173. The Morgan fingerprint density at radius 1 is 1.13 bits per heavy atom. The van der Waals surface area contributed by atoms with Crippen LogP contribution in [0.1, 0.15) is 18.5 Å². The first kappa shape index (κ1) is 14.1.